The quantitative estimate of drug-likeness (QED) is 0.372. The number of nitrogens with zero attached hydrogens (tertiary/aromatic N) is 1. The standard InChI is InChI=1S/C26H23NO3S2/c1-18-3-9-21(10-4-18)30-16-15-27-25(28)24(32-26(27)29)17-20-7-13-23(14-8-20)31-22-11-5-19(2)6-12-22/h3-14,17H,15-16H2,1-2H3/b24-17-. The van der Waals surface area contributed by atoms with Crippen LogP contribution in [0.5, 0.6) is 5.75 Å². The summed E-state index contributed by atoms with van der Waals surface area (Å²) in [5.74, 6) is 0.451. The van der Waals surface area contributed by atoms with Crippen LogP contribution in [0.1, 0.15) is 16.7 Å². The summed E-state index contributed by atoms with van der Waals surface area (Å²) in [6, 6.07) is 24.1. The van der Waals surface area contributed by atoms with Crippen LogP contribution in [-0.2, 0) is 4.79 Å². The fraction of sp³-hybridized carbons (Fsp3) is 0.154. The smallest absolute Gasteiger partial charge is 0.293 e. The average molecular weight is 462 g/mol. The first-order valence-corrected chi connectivity index (χ1v) is 11.9. The third kappa shape index (κ3) is 5.64. The number of imide groups is 1. The normalized spacial score (nSPS) is 14.9. The molecule has 1 heterocycles. The first-order valence-electron chi connectivity index (χ1n) is 10.3. The van der Waals surface area contributed by atoms with Crippen molar-refractivity contribution in [3.8, 4) is 5.75 Å². The van der Waals surface area contributed by atoms with Gasteiger partial charge in [-0.25, -0.2) is 0 Å². The van der Waals surface area contributed by atoms with Gasteiger partial charge < -0.3 is 4.74 Å². The summed E-state index contributed by atoms with van der Waals surface area (Å²) in [6.07, 6.45) is 1.77. The van der Waals surface area contributed by atoms with Crippen LogP contribution in [-0.4, -0.2) is 29.2 Å². The van der Waals surface area contributed by atoms with Crippen molar-refractivity contribution < 1.29 is 14.3 Å². The van der Waals surface area contributed by atoms with Crippen LogP contribution in [0.15, 0.2) is 87.5 Å². The summed E-state index contributed by atoms with van der Waals surface area (Å²) < 4.78 is 5.66. The molecule has 2 amide bonds. The van der Waals surface area contributed by atoms with Crippen molar-refractivity contribution in [2.75, 3.05) is 13.2 Å². The fourth-order valence-corrected chi connectivity index (χ4v) is 4.79. The highest BCUT2D eigenvalue weighted by Crippen LogP contribution is 2.33. The van der Waals surface area contributed by atoms with Crippen LogP contribution in [0.3, 0.4) is 0 Å². The molecule has 6 heteroatoms. The molecule has 0 spiro atoms. The second-order valence-corrected chi connectivity index (χ2v) is 9.62. The van der Waals surface area contributed by atoms with Gasteiger partial charge in [-0.05, 0) is 73.6 Å². The summed E-state index contributed by atoms with van der Waals surface area (Å²) in [5, 5.41) is -0.264. The number of rotatable bonds is 7. The molecule has 0 unspecified atom stereocenters. The highest BCUT2D eigenvalue weighted by atomic mass is 32.2. The largest absolute Gasteiger partial charge is 0.492 e. The zero-order valence-corrected chi connectivity index (χ0v) is 19.5. The van der Waals surface area contributed by atoms with E-state index < -0.39 is 0 Å². The van der Waals surface area contributed by atoms with E-state index in [9.17, 15) is 9.59 Å². The molecule has 0 aromatic heterocycles. The van der Waals surface area contributed by atoms with E-state index in [4.69, 9.17) is 4.74 Å². The second kappa shape index (κ2) is 10.1. The Morgan fingerprint density at radius 1 is 0.844 bits per heavy atom. The average Bonchev–Trinajstić information content (AvgIpc) is 3.05. The Kier molecular flexibility index (Phi) is 7.02. The van der Waals surface area contributed by atoms with E-state index in [-0.39, 0.29) is 24.3 Å². The molecular formula is C26H23NO3S2. The summed E-state index contributed by atoms with van der Waals surface area (Å²) in [4.78, 5) is 29.0. The molecule has 1 aliphatic rings. The van der Waals surface area contributed by atoms with Gasteiger partial charge in [0.15, 0.2) is 0 Å². The third-order valence-corrected chi connectivity index (χ3v) is 6.84. The lowest BCUT2D eigenvalue weighted by Crippen LogP contribution is -2.32. The minimum atomic E-state index is -0.273. The highest BCUT2D eigenvalue weighted by Gasteiger charge is 2.34. The van der Waals surface area contributed by atoms with E-state index in [0.717, 1.165) is 33.5 Å². The maximum Gasteiger partial charge on any atom is 0.293 e. The topological polar surface area (TPSA) is 46.6 Å². The molecule has 0 aliphatic carbocycles. The van der Waals surface area contributed by atoms with E-state index in [1.54, 1.807) is 17.8 Å². The lowest BCUT2D eigenvalue weighted by Gasteiger charge is -2.13. The summed E-state index contributed by atoms with van der Waals surface area (Å²) in [5.41, 5.74) is 3.27. The molecule has 0 bridgehead atoms. The van der Waals surface area contributed by atoms with E-state index in [2.05, 4.69) is 31.2 Å². The maximum atomic E-state index is 12.7. The molecule has 0 atom stereocenters. The minimum Gasteiger partial charge on any atom is -0.492 e. The Bertz CT molecular complexity index is 1140. The molecule has 0 saturated carbocycles. The van der Waals surface area contributed by atoms with Crippen LogP contribution >= 0.6 is 23.5 Å². The Hall–Kier alpha value is -2.96. The number of carbonyl (C=O) groups excluding carboxylic acids is 2. The first kappa shape index (κ1) is 22.2. The highest BCUT2D eigenvalue weighted by molar-refractivity contribution is 8.18. The van der Waals surface area contributed by atoms with Crippen LogP contribution in [0.25, 0.3) is 6.08 Å². The number of ether oxygens (including phenoxy) is 1. The van der Waals surface area contributed by atoms with Gasteiger partial charge in [-0.3, -0.25) is 14.5 Å². The van der Waals surface area contributed by atoms with Crippen molar-refractivity contribution in [3.63, 3.8) is 0 Å². The molecule has 0 N–H and O–H groups in total. The van der Waals surface area contributed by atoms with E-state index in [1.165, 1.54) is 15.4 Å². The summed E-state index contributed by atoms with van der Waals surface area (Å²) >= 11 is 2.66. The third-order valence-electron chi connectivity index (χ3n) is 4.91. The lowest BCUT2D eigenvalue weighted by molar-refractivity contribution is -0.123. The molecule has 4 nitrogen and oxygen atoms in total. The SMILES string of the molecule is Cc1ccc(OCCN2C(=O)S/C(=C\c3ccc(Sc4ccc(C)cc4)cc3)C2=O)cc1. The fourth-order valence-electron chi connectivity index (χ4n) is 3.11. The molecule has 4 rings (SSSR count). The zero-order chi connectivity index (χ0) is 22.5. The minimum absolute atomic E-state index is 0.224. The van der Waals surface area contributed by atoms with Crippen LogP contribution < -0.4 is 4.74 Å². The number of amides is 2. The molecule has 3 aromatic carbocycles. The number of benzene rings is 3. The number of hydrogen-bond acceptors (Lipinski definition) is 5. The molecule has 1 fully saturated rings. The summed E-state index contributed by atoms with van der Waals surface area (Å²) in [6.45, 7) is 4.57. The van der Waals surface area contributed by atoms with Crippen molar-refractivity contribution in [1.29, 1.82) is 0 Å². The Labute approximate surface area is 196 Å². The molecule has 3 aromatic rings. The van der Waals surface area contributed by atoms with Gasteiger partial charge in [-0.15, -0.1) is 0 Å². The predicted molar refractivity (Wildman–Crippen MR) is 131 cm³/mol. The van der Waals surface area contributed by atoms with Gasteiger partial charge in [0.05, 0.1) is 11.4 Å². The van der Waals surface area contributed by atoms with Crippen LogP contribution in [0.4, 0.5) is 4.79 Å². The van der Waals surface area contributed by atoms with Gasteiger partial charge >= 0.3 is 0 Å². The van der Waals surface area contributed by atoms with Crippen LogP contribution in [0, 0.1) is 13.8 Å². The van der Waals surface area contributed by atoms with Crippen molar-refractivity contribution in [2.45, 2.75) is 23.6 Å². The monoisotopic (exact) mass is 461 g/mol. The number of thioether (sulfide) groups is 1. The predicted octanol–water partition coefficient (Wildman–Crippen LogP) is 6.57. The Balaban J connectivity index is 1.35. The van der Waals surface area contributed by atoms with Gasteiger partial charge in [0, 0.05) is 9.79 Å². The van der Waals surface area contributed by atoms with Gasteiger partial charge in [0.2, 0.25) is 0 Å². The zero-order valence-electron chi connectivity index (χ0n) is 17.9. The Morgan fingerprint density at radius 2 is 1.41 bits per heavy atom. The van der Waals surface area contributed by atoms with Gasteiger partial charge in [-0.1, -0.05) is 59.3 Å². The molecule has 0 radical (unpaired) electrons. The van der Waals surface area contributed by atoms with Crippen LogP contribution in [0.2, 0.25) is 0 Å². The molecule has 1 aliphatic heterocycles. The number of carbonyl (C=O) groups is 2. The molecule has 162 valence electrons. The molecule has 32 heavy (non-hydrogen) atoms. The number of hydrogen-bond donors (Lipinski definition) is 0. The van der Waals surface area contributed by atoms with Crippen molar-refractivity contribution in [3.05, 3.63) is 94.4 Å². The van der Waals surface area contributed by atoms with Gasteiger partial charge in [0.25, 0.3) is 11.1 Å². The van der Waals surface area contributed by atoms with Gasteiger partial charge in [0.1, 0.15) is 12.4 Å². The van der Waals surface area contributed by atoms with Gasteiger partial charge in [-0.2, -0.15) is 0 Å². The van der Waals surface area contributed by atoms with Crippen molar-refractivity contribution >= 4 is 40.7 Å². The van der Waals surface area contributed by atoms with E-state index in [0.29, 0.717) is 4.91 Å². The summed E-state index contributed by atoms with van der Waals surface area (Å²) in [7, 11) is 0. The maximum absolute atomic E-state index is 12.7. The molecular weight excluding hydrogens is 438 g/mol. The van der Waals surface area contributed by atoms with Crippen molar-refractivity contribution in [2.24, 2.45) is 0 Å². The lowest BCUT2D eigenvalue weighted by atomic mass is 10.2. The van der Waals surface area contributed by atoms with Crippen molar-refractivity contribution in [1.82, 2.24) is 4.90 Å². The first-order chi connectivity index (χ1) is 15.5. The second-order valence-electron chi connectivity index (χ2n) is 7.48. The van der Waals surface area contributed by atoms with E-state index >= 15 is 0 Å². The number of aryl methyl sites for hydroxylation is 2. The molecule has 1 saturated heterocycles. The Morgan fingerprint density at radius 3 is 2.03 bits per heavy atom. The van der Waals surface area contributed by atoms with E-state index in [1.807, 2.05) is 55.5 Å².